The number of carboxylic acid groups (broad SMARTS) is 1. The molecule has 1 saturated carbocycles. The molecule has 1 aliphatic heterocycles. The summed E-state index contributed by atoms with van der Waals surface area (Å²) in [7, 11) is 0. The van der Waals surface area contributed by atoms with E-state index in [1.165, 1.54) is 0 Å². The van der Waals surface area contributed by atoms with Crippen LogP contribution in [0.3, 0.4) is 0 Å². The molecule has 1 saturated heterocycles. The molecule has 2 aliphatic rings. The lowest BCUT2D eigenvalue weighted by atomic mass is 9.84. The predicted molar refractivity (Wildman–Crippen MR) is 63.7 cm³/mol. The van der Waals surface area contributed by atoms with Gasteiger partial charge in [0.15, 0.2) is 0 Å². The largest absolute Gasteiger partial charge is 0.481 e. The number of hydrogen-bond donors (Lipinski definition) is 1. The van der Waals surface area contributed by atoms with E-state index >= 15 is 0 Å². The second-order valence-electron chi connectivity index (χ2n) is 5.81. The van der Waals surface area contributed by atoms with Crippen LogP contribution in [-0.4, -0.2) is 41.3 Å². The smallest absolute Gasteiger partial charge is 0.391 e. The van der Waals surface area contributed by atoms with E-state index in [0.717, 1.165) is 19.4 Å². The van der Waals surface area contributed by atoms with Crippen molar-refractivity contribution in [3.05, 3.63) is 0 Å². The maximum Gasteiger partial charge on any atom is 0.391 e. The van der Waals surface area contributed by atoms with Gasteiger partial charge in [0.2, 0.25) is 0 Å². The summed E-state index contributed by atoms with van der Waals surface area (Å²) in [4.78, 5) is 12.7. The standard InChI is InChI=1S/C13H20F3NO2/c14-13(15,16)10-2-1-3-11(7-10)17-5-4-9(8-17)6-12(18)19/h9-11H,1-8H2,(H,18,19). The Morgan fingerprint density at radius 3 is 2.63 bits per heavy atom. The van der Waals surface area contributed by atoms with E-state index in [-0.39, 0.29) is 31.2 Å². The number of halogens is 3. The summed E-state index contributed by atoms with van der Waals surface area (Å²) in [5.74, 6) is -1.89. The number of carboxylic acids is 1. The van der Waals surface area contributed by atoms with Crippen LogP contribution in [0.5, 0.6) is 0 Å². The van der Waals surface area contributed by atoms with E-state index in [1.54, 1.807) is 0 Å². The van der Waals surface area contributed by atoms with Crippen LogP contribution in [0.15, 0.2) is 0 Å². The van der Waals surface area contributed by atoms with Crippen LogP contribution in [0.1, 0.15) is 38.5 Å². The molecule has 110 valence electrons. The van der Waals surface area contributed by atoms with Gasteiger partial charge in [-0.15, -0.1) is 0 Å². The second-order valence-corrected chi connectivity index (χ2v) is 5.81. The van der Waals surface area contributed by atoms with Gasteiger partial charge in [0.1, 0.15) is 0 Å². The molecule has 0 amide bonds. The quantitative estimate of drug-likeness (QED) is 0.863. The van der Waals surface area contributed by atoms with E-state index in [9.17, 15) is 18.0 Å². The summed E-state index contributed by atoms with van der Waals surface area (Å²) in [5, 5.41) is 8.75. The van der Waals surface area contributed by atoms with E-state index in [2.05, 4.69) is 4.90 Å². The average Bonchev–Trinajstić information content (AvgIpc) is 2.76. The minimum absolute atomic E-state index is 0.0147. The highest BCUT2D eigenvalue weighted by Crippen LogP contribution is 2.40. The number of carbonyl (C=O) groups is 1. The normalized spacial score (nSPS) is 33.5. The molecule has 0 radical (unpaired) electrons. The lowest BCUT2D eigenvalue weighted by Gasteiger charge is -2.36. The minimum Gasteiger partial charge on any atom is -0.481 e. The number of aliphatic carboxylic acids is 1. The zero-order chi connectivity index (χ0) is 14.0. The lowest BCUT2D eigenvalue weighted by Crippen LogP contribution is -2.40. The first-order valence-electron chi connectivity index (χ1n) is 6.89. The highest BCUT2D eigenvalue weighted by atomic mass is 19.4. The molecule has 3 atom stereocenters. The van der Waals surface area contributed by atoms with Gasteiger partial charge in [0.05, 0.1) is 5.92 Å². The van der Waals surface area contributed by atoms with Crippen molar-refractivity contribution in [3.8, 4) is 0 Å². The molecular formula is C13H20F3NO2. The molecule has 1 heterocycles. The number of alkyl halides is 3. The predicted octanol–water partition coefficient (Wildman–Crippen LogP) is 2.90. The fraction of sp³-hybridized carbons (Fsp3) is 0.923. The van der Waals surface area contributed by atoms with E-state index in [4.69, 9.17) is 5.11 Å². The molecule has 3 nitrogen and oxygen atoms in total. The summed E-state index contributed by atoms with van der Waals surface area (Å²) < 4.78 is 38.3. The van der Waals surface area contributed by atoms with Crippen LogP contribution in [0.25, 0.3) is 0 Å². The van der Waals surface area contributed by atoms with Crippen molar-refractivity contribution in [1.82, 2.24) is 4.90 Å². The monoisotopic (exact) mass is 279 g/mol. The first-order valence-corrected chi connectivity index (χ1v) is 6.89. The Morgan fingerprint density at radius 2 is 2.00 bits per heavy atom. The van der Waals surface area contributed by atoms with Gasteiger partial charge in [-0.05, 0) is 38.1 Å². The van der Waals surface area contributed by atoms with Gasteiger partial charge >= 0.3 is 12.1 Å². The highest BCUT2D eigenvalue weighted by molar-refractivity contribution is 5.67. The van der Waals surface area contributed by atoms with Gasteiger partial charge in [-0.2, -0.15) is 13.2 Å². The topological polar surface area (TPSA) is 40.5 Å². The zero-order valence-corrected chi connectivity index (χ0v) is 10.8. The molecule has 0 spiro atoms. The van der Waals surface area contributed by atoms with Crippen molar-refractivity contribution >= 4 is 5.97 Å². The van der Waals surface area contributed by atoms with Gasteiger partial charge in [0, 0.05) is 19.0 Å². The second kappa shape index (κ2) is 5.69. The summed E-state index contributed by atoms with van der Waals surface area (Å²) in [5.41, 5.74) is 0. The maximum absolute atomic E-state index is 12.8. The van der Waals surface area contributed by atoms with Gasteiger partial charge < -0.3 is 10.0 Å². The average molecular weight is 279 g/mol. The molecule has 0 aromatic heterocycles. The third-order valence-corrected chi connectivity index (χ3v) is 4.41. The Bertz CT molecular complexity index is 332. The van der Waals surface area contributed by atoms with Crippen molar-refractivity contribution in [3.63, 3.8) is 0 Å². The maximum atomic E-state index is 12.8. The summed E-state index contributed by atoms with van der Waals surface area (Å²) in [6, 6.07) is -0.0147. The molecule has 0 bridgehead atoms. The number of hydrogen-bond acceptors (Lipinski definition) is 2. The van der Waals surface area contributed by atoms with Crippen molar-refractivity contribution in [2.45, 2.75) is 50.7 Å². The molecule has 3 unspecified atom stereocenters. The fourth-order valence-electron chi connectivity index (χ4n) is 3.40. The van der Waals surface area contributed by atoms with Crippen molar-refractivity contribution in [2.24, 2.45) is 11.8 Å². The van der Waals surface area contributed by atoms with Gasteiger partial charge in [-0.1, -0.05) is 6.42 Å². The first kappa shape index (κ1) is 14.6. The molecule has 0 aromatic carbocycles. The Labute approximate surface area is 110 Å². The van der Waals surface area contributed by atoms with E-state index in [0.29, 0.717) is 13.0 Å². The summed E-state index contributed by atoms with van der Waals surface area (Å²) in [6.07, 6.45) is -1.30. The van der Waals surface area contributed by atoms with Crippen molar-refractivity contribution < 1.29 is 23.1 Å². The Kier molecular flexibility index (Phi) is 4.38. The number of rotatable bonds is 3. The van der Waals surface area contributed by atoms with Gasteiger partial charge in [-0.25, -0.2) is 0 Å². The van der Waals surface area contributed by atoms with Crippen LogP contribution < -0.4 is 0 Å². The Morgan fingerprint density at radius 1 is 1.26 bits per heavy atom. The minimum atomic E-state index is -4.08. The lowest BCUT2D eigenvalue weighted by molar-refractivity contribution is -0.186. The molecule has 1 N–H and O–H groups in total. The fourth-order valence-corrected chi connectivity index (χ4v) is 3.40. The van der Waals surface area contributed by atoms with Crippen molar-refractivity contribution in [1.29, 1.82) is 0 Å². The SMILES string of the molecule is O=C(O)CC1CCN(C2CCCC(C(F)(F)F)C2)C1. The Hall–Kier alpha value is -0.780. The summed E-state index contributed by atoms with van der Waals surface area (Å²) in [6.45, 7) is 1.38. The molecule has 1 aliphatic carbocycles. The van der Waals surface area contributed by atoms with E-state index < -0.39 is 18.1 Å². The van der Waals surface area contributed by atoms with Crippen LogP contribution >= 0.6 is 0 Å². The third-order valence-electron chi connectivity index (χ3n) is 4.41. The molecule has 19 heavy (non-hydrogen) atoms. The third kappa shape index (κ3) is 3.84. The van der Waals surface area contributed by atoms with Crippen LogP contribution in [0.4, 0.5) is 13.2 Å². The molecule has 2 rings (SSSR count). The summed E-state index contributed by atoms with van der Waals surface area (Å²) >= 11 is 0. The number of likely N-dealkylation sites (tertiary alicyclic amines) is 1. The van der Waals surface area contributed by atoms with Gasteiger partial charge in [0.25, 0.3) is 0 Å². The van der Waals surface area contributed by atoms with Crippen LogP contribution in [-0.2, 0) is 4.79 Å². The molecular weight excluding hydrogens is 259 g/mol. The number of nitrogens with zero attached hydrogens (tertiary/aromatic N) is 1. The van der Waals surface area contributed by atoms with Crippen LogP contribution in [0, 0.1) is 11.8 Å². The zero-order valence-electron chi connectivity index (χ0n) is 10.8. The first-order chi connectivity index (χ1) is 8.86. The van der Waals surface area contributed by atoms with Gasteiger partial charge in [-0.3, -0.25) is 4.79 Å². The van der Waals surface area contributed by atoms with Crippen molar-refractivity contribution in [2.75, 3.05) is 13.1 Å². The highest BCUT2D eigenvalue weighted by Gasteiger charge is 2.44. The molecule has 0 aromatic rings. The molecule has 2 fully saturated rings. The van der Waals surface area contributed by atoms with E-state index in [1.807, 2.05) is 0 Å². The van der Waals surface area contributed by atoms with Crippen LogP contribution in [0.2, 0.25) is 0 Å². The molecule has 6 heteroatoms. The Balaban J connectivity index is 1.87.